The van der Waals surface area contributed by atoms with E-state index in [1.54, 1.807) is 18.3 Å². The van der Waals surface area contributed by atoms with Crippen LogP contribution in [0.4, 0.5) is 5.69 Å². The van der Waals surface area contributed by atoms with Crippen molar-refractivity contribution < 1.29 is 14.7 Å². The molecule has 37 heavy (non-hydrogen) atoms. The van der Waals surface area contributed by atoms with Crippen molar-refractivity contribution in [1.82, 2.24) is 14.8 Å². The summed E-state index contributed by atoms with van der Waals surface area (Å²) in [4.78, 5) is 30.7. The maximum atomic E-state index is 12.5. The summed E-state index contributed by atoms with van der Waals surface area (Å²) < 4.78 is 1.94. The summed E-state index contributed by atoms with van der Waals surface area (Å²) in [6, 6.07) is 16.4. The van der Waals surface area contributed by atoms with E-state index in [0.29, 0.717) is 29.5 Å². The van der Waals surface area contributed by atoms with Crippen molar-refractivity contribution in [3.8, 4) is 5.00 Å². The highest BCUT2D eigenvalue weighted by atomic mass is 32.1. The topological polar surface area (TPSA) is 109 Å². The number of carbonyl (C=O) groups is 2. The average molecular weight is 514 g/mol. The van der Waals surface area contributed by atoms with Crippen molar-refractivity contribution in [2.24, 2.45) is 10.9 Å². The third kappa shape index (κ3) is 4.58. The van der Waals surface area contributed by atoms with Crippen LogP contribution in [0.2, 0.25) is 0 Å². The first kappa shape index (κ1) is 24.6. The molecule has 2 atom stereocenters. The van der Waals surface area contributed by atoms with Gasteiger partial charge < -0.3 is 10.4 Å². The Morgan fingerprint density at radius 2 is 1.76 bits per heavy atom. The predicted octanol–water partition coefficient (Wildman–Crippen LogP) is 5.05. The number of thiophene rings is 1. The van der Waals surface area contributed by atoms with Crippen LogP contribution >= 0.6 is 11.3 Å². The molecule has 1 aliphatic rings. The average Bonchev–Trinajstić information content (AvgIpc) is 3.34. The standard InChI is InChI=1S/C28H27N5O3S/c1-15-17(3)37-27-23(15)25(30-24(16(2)28(35)36)26-32-31-18(4)33(26)27)20-10-12-21(13-11-20)29-22(34)14-19-8-6-5-7-9-19/h5-13,16,24H,14H2,1-4H3,(H,29,34)(H,35,36)/t16-,24?/m0/s1. The number of benzene rings is 2. The molecule has 2 aromatic carbocycles. The van der Waals surface area contributed by atoms with Gasteiger partial charge in [0.15, 0.2) is 5.82 Å². The number of nitrogens with one attached hydrogen (secondary N) is 1. The number of aliphatic carboxylic acids is 1. The van der Waals surface area contributed by atoms with Gasteiger partial charge in [0.05, 0.1) is 18.1 Å². The Labute approximate surface area is 218 Å². The fourth-order valence-electron chi connectivity index (χ4n) is 4.52. The molecule has 1 aliphatic heterocycles. The molecule has 1 amide bonds. The molecule has 8 nitrogen and oxygen atoms in total. The SMILES string of the molecule is Cc1sc2c(c1C)C(c1ccc(NC(=O)Cc3ccccc3)cc1)=NC([C@H](C)C(=O)O)c1nnc(C)n1-2. The van der Waals surface area contributed by atoms with Crippen LogP contribution in [0.1, 0.15) is 51.7 Å². The Balaban J connectivity index is 1.54. The Hall–Kier alpha value is -4.11. The van der Waals surface area contributed by atoms with Gasteiger partial charge >= 0.3 is 5.97 Å². The Kier molecular flexibility index (Phi) is 6.47. The zero-order chi connectivity index (χ0) is 26.3. The number of anilines is 1. The number of hydrogen-bond donors (Lipinski definition) is 2. The zero-order valence-electron chi connectivity index (χ0n) is 21.0. The van der Waals surface area contributed by atoms with Crippen LogP contribution in [0.5, 0.6) is 0 Å². The van der Waals surface area contributed by atoms with Gasteiger partial charge in [0, 0.05) is 21.7 Å². The number of aryl methyl sites for hydroxylation is 2. The molecule has 0 fully saturated rings. The molecule has 2 aromatic heterocycles. The van der Waals surface area contributed by atoms with Crippen LogP contribution in [-0.2, 0) is 16.0 Å². The van der Waals surface area contributed by atoms with Crippen molar-refractivity contribution in [3.63, 3.8) is 0 Å². The first-order valence-electron chi connectivity index (χ1n) is 12.0. The van der Waals surface area contributed by atoms with Gasteiger partial charge in [-0.15, -0.1) is 21.5 Å². The summed E-state index contributed by atoms with van der Waals surface area (Å²) in [5.74, 6) is -0.636. The van der Waals surface area contributed by atoms with Gasteiger partial charge in [0.2, 0.25) is 5.91 Å². The number of fused-ring (bicyclic) bond motifs is 3. The highest BCUT2D eigenvalue weighted by Crippen LogP contribution is 2.40. The van der Waals surface area contributed by atoms with Gasteiger partial charge in [0.25, 0.3) is 0 Å². The van der Waals surface area contributed by atoms with E-state index in [1.807, 2.05) is 66.1 Å². The fraction of sp³-hybridized carbons (Fsp3) is 0.250. The van der Waals surface area contributed by atoms with Gasteiger partial charge in [0.1, 0.15) is 16.9 Å². The van der Waals surface area contributed by atoms with E-state index in [0.717, 1.165) is 32.1 Å². The molecule has 3 heterocycles. The molecule has 5 rings (SSSR count). The van der Waals surface area contributed by atoms with Crippen LogP contribution in [0.3, 0.4) is 0 Å². The lowest BCUT2D eigenvalue weighted by molar-refractivity contribution is -0.141. The molecular weight excluding hydrogens is 486 g/mol. The van der Waals surface area contributed by atoms with E-state index >= 15 is 0 Å². The number of carboxylic acids is 1. The number of hydrogen-bond acceptors (Lipinski definition) is 6. The normalized spacial score (nSPS) is 15.2. The lowest BCUT2D eigenvalue weighted by atomic mass is 9.98. The van der Waals surface area contributed by atoms with Crippen LogP contribution in [-0.4, -0.2) is 37.5 Å². The predicted molar refractivity (Wildman–Crippen MR) is 144 cm³/mol. The number of rotatable bonds is 6. The summed E-state index contributed by atoms with van der Waals surface area (Å²) in [5.41, 5.74) is 5.21. The van der Waals surface area contributed by atoms with Crippen molar-refractivity contribution in [3.05, 3.63) is 93.4 Å². The van der Waals surface area contributed by atoms with Crippen molar-refractivity contribution in [2.45, 2.75) is 40.2 Å². The maximum absolute atomic E-state index is 12.5. The van der Waals surface area contributed by atoms with Crippen LogP contribution in [0, 0.1) is 26.7 Å². The molecule has 0 spiro atoms. The fourth-order valence-corrected chi connectivity index (χ4v) is 5.73. The molecule has 9 heteroatoms. The molecular formula is C28H27N5O3S. The van der Waals surface area contributed by atoms with Gasteiger partial charge in [-0.25, -0.2) is 0 Å². The molecule has 2 N–H and O–H groups in total. The van der Waals surface area contributed by atoms with Gasteiger partial charge in [-0.3, -0.25) is 19.1 Å². The highest BCUT2D eigenvalue weighted by molar-refractivity contribution is 7.15. The number of amides is 1. The molecule has 0 saturated heterocycles. The van der Waals surface area contributed by atoms with E-state index in [2.05, 4.69) is 29.4 Å². The summed E-state index contributed by atoms with van der Waals surface area (Å²) >= 11 is 1.62. The molecule has 188 valence electrons. The van der Waals surface area contributed by atoms with E-state index in [9.17, 15) is 14.7 Å². The molecule has 0 saturated carbocycles. The minimum atomic E-state index is -0.949. The summed E-state index contributed by atoms with van der Waals surface area (Å²) in [5, 5.41) is 22.3. The van der Waals surface area contributed by atoms with E-state index in [1.165, 1.54) is 0 Å². The van der Waals surface area contributed by atoms with Crippen LogP contribution in [0.15, 0.2) is 59.6 Å². The Morgan fingerprint density at radius 1 is 1.05 bits per heavy atom. The number of carboxylic acid groups (broad SMARTS) is 1. The Morgan fingerprint density at radius 3 is 2.43 bits per heavy atom. The summed E-state index contributed by atoms with van der Waals surface area (Å²) in [7, 11) is 0. The second-order valence-corrected chi connectivity index (χ2v) is 10.4. The van der Waals surface area contributed by atoms with Crippen LogP contribution < -0.4 is 5.32 Å². The maximum Gasteiger partial charge on any atom is 0.308 e. The third-order valence-electron chi connectivity index (χ3n) is 6.70. The van der Waals surface area contributed by atoms with E-state index in [4.69, 9.17) is 4.99 Å². The lowest BCUT2D eigenvalue weighted by Gasteiger charge is -2.16. The van der Waals surface area contributed by atoms with Gasteiger partial charge in [-0.2, -0.15) is 0 Å². The third-order valence-corrected chi connectivity index (χ3v) is 7.89. The first-order valence-corrected chi connectivity index (χ1v) is 12.8. The smallest absolute Gasteiger partial charge is 0.308 e. The molecule has 1 unspecified atom stereocenters. The molecule has 0 radical (unpaired) electrons. The van der Waals surface area contributed by atoms with E-state index in [-0.39, 0.29) is 5.91 Å². The number of aliphatic imine (C=N–C) groups is 1. The largest absolute Gasteiger partial charge is 0.481 e. The second kappa shape index (κ2) is 9.74. The summed E-state index contributed by atoms with van der Waals surface area (Å²) in [6.07, 6.45) is 0.291. The number of aromatic nitrogens is 3. The van der Waals surface area contributed by atoms with Crippen LogP contribution in [0.25, 0.3) is 5.00 Å². The monoisotopic (exact) mass is 513 g/mol. The molecule has 0 aliphatic carbocycles. The quantitative estimate of drug-likeness (QED) is 0.375. The molecule has 4 aromatic rings. The zero-order valence-corrected chi connectivity index (χ0v) is 21.8. The van der Waals surface area contributed by atoms with E-state index < -0.39 is 17.9 Å². The minimum absolute atomic E-state index is 0.0962. The highest BCUT2D eigenvalue weighted by Gasteiger charge is 2.36. The number of nitrogens with zero attached hydrogens (tertiary/aromatic N) is 4. The minimum Gasteiger partial charge on any atom is -0.481 e. The summed E-state index contributed by atoms with van der Waals surface area (Å²) in [6.45, 7) is 7.63. The van der Waals surface area contributed by atoms with Gasteiger partial charge in [-0.05, 0) is 51.0 Å². The van der Waals surface area contributed by atoms with Crippen molar-refractivity contribution >= 4 is 34.6 Å². The van der Waals surface area contributed by atoms with Crippen molar-refractivity contribution in [1.29, 1.82) is 0 Å². The molecule has 0 bridgehead atoms. The van der Waals surface area contributed by atoms with Crippen molar-refractivity contribution in [2.75, 3.05) is 5.32 Å². The first-order chi connectivity index (χ1) is 17.7. The lowest BCUT2D eigenvalue weighted by Crippen LogP contribution is -2.21. The number of carbonyl (C=O) groups excluding carboxylic acids is 1. The van der Waals surface area contributed by atoms with Gasteiger partial charge in [-0.1, -0.05) is 42.5 Å². The Bertz CT molecular complexity index is 1520. The second-order valence-electron chi connectivity index (χ2n) is 9.24.